The number of nitrogens with one attached hydrogen (secondary N) is 1. The van der Waals surface area contributed by atoms with Crippen LogP contribution in [-0.2, 0) is 27.4 Å². The highest BCUT2D eigenvalue weighted by atomic mass is 32.2. The van der Waals surface area contributed by atoms with Gasteiger partial charge in [-0.3, -0.25) is 4.79 Å². The van der Waals surface area contributed by atoms with Crippen molar-refractivity contribution in [2.24, 2.45) is 5.92 Å². The molecule has 1 aliphatic heterocycles. The number of amides is 1. The summed E-state index contributed by atoms with van der Waals surface area (Å²) in [6.07, 6.45) is -3.68. The van der Waals surface area contributed by atoms with E-state index in [4.69, 9.17) is 4.74 Å². The highest BCUT2D eigenvalue weighted by Gasteiger charge is 2.33. The van der Waals surface area contributed by atoms with Crippen LogP contribution in [0.4, 0.5) is 13.2 Å². The van der Waals surface area contributed by atoms with E-state index in [9.17, 15) is 26.4 Å². The number of ether oxygens (including phenoxy) is 1. The number of carbonyl (C=O) groups is 1. The molecule has 1 aliphatic rings. The topological polar surface area (TPSA) is 75.7 Å². The summed E-state index contributed by atoms with van der Waals surface area (Å²) >= 11 is 0. The zero-order valence-electron chi connectivity index (χ0n) is 18.3. The molecule has 2 aromatic carbocycles. The summed E-state index contributed by atoms with van der Waals surface area (Å²) in [5, 5.41) is 2.69. The molecule has 1 N–H and O–H groups in total. The van der Waals surface area contributed by atoms with E-state index in [1.165, 1.54) is 34.6 Å². The van der Waals surface area contributed by atoms with Crippen molar-refractivity contribution in [3.8, 4) is 5.75 Å². The maximum Gasteiger partial charge on any atom is 0.416 e. The molecule has 0 bridgehead atoms. The van der Waals surface area contributed by atoms with Crippen LogP contribution in [0.25, 0.3) is 0 Å². The van der Waals surface area contributed by atoms with E-state index >= 15 is 0 Å². The predicted octanol–water partition coefficient (Wildman–Crippen LogP) is 3.86. The van der Waals surface area contributed by atoms with E-state index in [0.29, 0.717) is 25.2 Å². The number of alkyl halides is 3. The van der Waals surface area contributed by atoms with Crippen molar-refractivity contribution < 1.29 is 31.1 Å². The van der Waals surface area contributed by atoms with Crippen molar-refractivity contribution in [2.45, 2.75) is 37.3 Å². The minimum absolute atomic E-state index is 0.0619. The van der Waals surface area contributed by atoms with Crippen LogP contribution >= 0.6 is 0 Å². The molecule has 0 radical (unpaired) electrons. The van der Waals surface area contributed by atoms with Crippen LogP contribution in [-0.4, -0.2) is 44.9 Å². The number of piperidine rings is 1. The zero-order valence-corrected chi connectivity index (χ0v) is 19.1. The highest BCUT2D eigenvalue weighted by Crippen LogP contribution is 2.32. The fraction of sp³-hybridized carbons (Fsp3) is 0.435. The van der Waals surface area contributed by atoms with Gasteiger partial charge in [0.1, 0.15) is 5.75 Å². The van der Waals surface area contributed by atoms with Crippen LogP contribution in [0.2, 0.25) is 0 Å². The molecule has 3 rings (SSSR count). The Kier molecular flexibility index (Phi) is 8.01. The molecule has 0 aromatic heterocycles. The number of sulfonamides is 1. The lowest BCUT2D eigenvalue weighted by Gasteiger charge is -2.30. The molecule has 33 heavy (non-hydrogen) atoms. The Hall–Kier alpha value is -2.59. The first-order chi connectivity index (χ1) is 15.6. The molecule has 0 unspecified atom stereocenters. The molecule has 1 amide bonds. The zero-order chi connectivity index (χ0) is 24.1. The van der Waals surface area contributed by atoms with Gasteiger partial charge in [-0.05, 0) is 62.1 Å². The first kappa shape index (κ1) is 25.0. The number of rotatable bonds is 8. The van der Waals surface area contributed by atoms with Crippen LogP contribution in [0.15, 0.2) is 53.4 Å². The summed E-state index contributed by atoms with van der Waals surface area (Å²) in [6.45, 7) is 2.80. The second-order valence-electron chi connectivity index (χ2n) is 7.78. The molecular formula is C23H27F3N2O4S. The maximum absolute atomic E-state index is 13.1. The number of nitrogens with zero attached hydrogens (tertiary/aromatic N) is 1. The fourth-order valence-corrected chi connectivity index (χ4v) is 5.33. The average Bonchev–Trinajstić information content (AvgIpc) is 2.79. The number of benzene rings is 2. The van der Waals surface area contributed by atoms with Crippen molar-refractivity contribution in [2.75, 3.05) is 26.2 Å². The normalized spacial score (nSPS) is 15.9. The molecule has 0 aliphatic carbocycles. The lowest BCUT2D eigenvalue weighted by molar-refractivity contribution is -0.138. The molecule has 0 atom stereocenters. The van der Waals surface area contributed by atoms with Gasteiger partial charge in [0.25, 0.3) is 0 Å². The predicted molar refractivity (Wildman–Crippen MR) is 117 cm³/mol. The molecule has 1 heterocycles. The van der Waals surface area contributed by atoms with Gasteiger partial charge in [0.05, 0.1) is 17.1 Å². The van der Waals surface area contributed by atoms with E-state index in [1.807, 2.05) is 6.92 Å². The number of hydrogen-bond donors (Lipinski definition) is 1. The number of hydrogen-bond acceptors (Lipinski definition) is 4. The van der Waals surface area contributed by atoms with Gasteiger partial charge in [-0.1, -0.05) is 18.2 Å². The van der Waals surface area contributed by atoms with Gasteiger partial charge in [-0.15, -0.1) is 0 Å². The summed E-state index contributed by atoms with van der Waals surface area (Å²) in [7, 11) is -3.68. The van der Waals surface area contributed by atoms with E-state index in [-0.39, 0.29) is 48.3 Å². The van der Waals surface area contributed by atoms with Gasteiger partial charge in [0.2, 0.25) is 15.9 Å². The molecule has 1 fully saturated rings. The Morgan fingerprint density at radius 1 is 1.09 bits per heavy atom. The van der Waals surface area contributed by atoms with Crippen molar-refractivity contribution in [3.05, 3.63) is 59.7 Å². The van der Waals surface area contributed by atoms with Crippen LogP contribution in [0.5, 0.6) is 5.75 Å². The number of carbonyl (C=O) groups excluding carboxylic acids is 1. The Morgan fingerprint density at radius 3 is 2.33 bits per heavy atom. The third-order valence-electron chi connectivity index (χ3n) is 5.61. The number of halogens is 3. The molecule has 0 spiro atoms. The summed E-state index contributed by atoms with van der Waals surface area (Å²) in [6, 6.07) is 11.5. The van der Waals surface area contributed by atoms with Crippen LogP contribution < -0.4 is 10.1 Å². The summed E-state index contributed by atoms with van der Waals surface area (Å²) in [5.74, 6) is -0.0584. The summed E-state index contributed by atoms with van der Waals surface area (Å²) in [5.41, 5.74) is -0.575. The van der Waals surface area contributed by atoms with Crippen molar-refractivity contribution >= 4 is 15.9 Å². The molecule has 1 saturated heterocycles. The van der Waals surface area contributed by atoms with Crippen molar-refractivity contribution in [3.63, 3.8) is 0 Å². The Morgan fingerprint density at radius 2 is 1.73 bits per heavy atom. The van der Waals surface area contributed by atoms with E-state index < -0.39 is 21.8 Å². The van der Waals surface area contributed by atoms with Crippen LogP contribution in [0, 0.1) is 5.92 Å². The van der Waals surface area contributed by atoms with Gasteiger partial charge >= 0.3 is 6.18 Å². The minimum Gasteiger partial charge on any atom is -0.494 e. The Balaban J connectivity index is 1.51. The first-order valence-electron chi connectivity index (χ1n) is 10.8. The van der Waals surface area contributed by atoms with Gasteiger partial charge in [-0.25, -0.2) is 8.42 Å². The third-order valence-corrected chi connectivity index (χ3v) is 7.53. The van der Waals surface area contributed by atoms with Crippen LogP contribution in [0.1, 0.15) is 30.9 Å². The first-order valence-corrected chi connectivity index (χ1v) is 12.2. The molecule has 0 saturated carbocycles. The monoisotopic (exact) mass is 484 g/mol. The lowest BCUT2D eigenvalue weighted by atomic mass is 9.97. The Bertz CT molecular complexity index is 1050. The molecule has 6 nitrogen and oxygen atoms in total. The molecular weight excluding hydrogens is 457 g/mol. The molecule has 180 valence electrons. The SMILES string of the molecule is CCOc1ccc(S(=O)(=O)N2CCC(C(=O)NCCc3ccccc3C(F)(F)F)CC2)cc1. The largest absolute Gasteiger partial charge is 0.494 e. The highest BCUT2D eigenvalue weighted by molar-refractivity contribution is 7.89. The molecule has 2 aromatic rings. The third kappa shape index (κ3) is 6.26. The van der Waals surface area contributed by atoms with Gasteiger partial charge in [0.15, 0.2) is 0 Å². The smallest absolute Gasteiger partial charge is 0.416 e. The van der Waals surface area contributed by atoms with E-state index in [2.05, 4.69) is 5.32 Å². The summed E-state index contributed by atoms with van der Waals surface area (Å²) in [4.78, 5) is 12.6. The quantitative estimate of drug-likeness (QED) is 0.618. The summed E-state index contributed by atoms with van der Waals surface area (Å²) < 4.78 is 71.7. The van der Waals surface area contributed by atoms with E-state index in [0.717, 1.165) is 6.07 Å². The second kappa shape index (κ2) is 10.6. The second-order valence-corrected chi connectivity index (χ2v) is 9.72. The van der Waals surface area contributed by atoms with Gasteiger partial charge in [-0.2, -0.15) is 17.5 Å². The van der Waals surface area contributed by atoms with Crippen LogP contribution in [0.3, 0.4) is 0 Å². The van der Waals surface area contributed by atoms with E-state index in [1.54, 1.807) is 12.1 Å². The average molecular weight is 485 g/mol. The van der Waals surface area contributed by atoms with Crippen molar-refractivity contribution in [1.82, 2.24) is 9.62 Å². The lowest BCUT2D eigenvalue weighted by Crippen LogP contribution is -2.43. The molecule has 10 heteroatoms. The standard InChI is InChI=1S/C23H27F3N2O4S/c1-2-32-19-7-9-20(10-8-19)33(30,31)28-15-12-18(13-16-28)22(29)27-14-11-17-5-3-4-6-21(17)23(24,25)26/h3-10,18H,2,11-16H2,1H3,(H,27,29). The fourth-order valence-electron chi connectivity index (χ4n) is 3.86. The minimum atomic E-state index is -4.44. The van der Waals surface area contributed by atoms with Gasteiger partial charge < -0.3 is 10.1 Å². The maximum atomic E-state index is 13.1. The van der Waals surface area contributed by atoms with Gasteiger partial charge in [0, 0.05) is 25.6 Å². The Labute approximate surface area is 191 Å². The van der Waals surface area contributed by atoms with Crippen molar-refractivity contribution in [1.29, 1.82) is 0 Å².